The minimum atomic E-state index is 0. The molecule has 0 N–H and O–H groups in total. The summed E-state index contributed by atoms with van der Waals surface area (Å²) in [6, 6.07) is 0. The van der Waals surface area contributed by atoms with Gasteiger partial charge in [0.05, 0.1) is 0 Å². The van der Waals surface area contributed by atoms with Gasteiger partial charge in [-0.15, -0.1) is 0 Å². The number of carbonyl (C=O) groups excluding carboxylic acids is 1. The fraction of sp³-hybridized carbons (Fsp3) is 0.667. The molecular formula is C6H14AlO. The Balaban J connectivity index is 0. The van der Waals surface area contributed by atoms with Crippen LogP contribution >= 0.6 is 0 Å². The van der Waals surface area contributed by atoms with Crippen molar-refractivity contribution in [3.05, 3.63) is 6.92 Å². The molecule has 1 nitrogen and oxygen atoms in total. The summed E-state index contributed by atoms with van der Waals surface area (Å²) in [6.45, 7) is 5.45. The fourth-order valence-corrected chi connectivity index (χ4v) is 0.404. The van der Waals surface area contributed by atoms with E-state index in [0.29, 0.717) is 12.8 Å². The molecule has 0 rings (SSSR count). The van der Waals surface area contributed by atoms with E-state index in [9.17, 15) is 4.79 Å². The summed E-state index contributed by atoms with van der Waals surface area (Å²) in [5, 5.41) is 0. The first-order valence-corrected chi connectivity index (χ1v) is 2.62. The third-order valence-corrected chi connectivity index (χ3v) is 0.808. The summed E-state index contributed by atoms with van der Waals surface area (Å²) in [7, 11) is 0. The van der Waals surface area contributed by atoms with Gasteiger partial charge in [-0.1, -0.05) is 6.92 Å². The number of rotatable bonds is 3. The Morgan fingerprint density at radius 1 is 1.62 bits per heavy atom. The van der Waals surface area contributed by atoms with Crippen LogP contribution in [0.3, 0.4) is 0 Å². The largest absolute Gasteiger partial charge is 0.300 e. The van der Waals surface area contributed by atoms with E-state index in [1.54, 1.807) is 0 Å². The van der Waals surface area contributed by atoms with Crippen molar-refractivity contribution in [2.75, 3.05) is 0 Å². The summed E-state index contributed by atoms with van der Waals surface area (Å²) >= 11 is 0. The molecule has 2 heteroatoms. The van der Waals surface area contributed by atoms with E-state index < -0.39 is 0 Å². The first-order valence-electron chi connectivity index (χ1n) is 2.62. The van der Waals surface area contributed by atoms with Gasteiger partial charge >= 0.3 is 0 Å². The number of hydrogen-bond donors (Lipinski definition) is 0. The van der Waals surface area contributed by atoms with Crippen molar-refractivity contribution < 1.29 is 4.79 Å². The topological polar surface area (TPSA) is 17.1 Å². The third kappa shape index (κ3) is 6.20. The van der Waals surface area contributed by atoms with Crippen LogP contribution in [0.1, 0.15) is 26.2 Å². The fourth-order valence-electron chi connectivity index (χ4n) is 0.404. The Labute approximate surface area is 61.6 Å². The molecule has 0 fully saturated rings. The van der Waals surface area contributed by atoms with Gasteiger partial charge < -0.3 is 0 Å². The maximum Gasteiger partial charge on any atom is 0.187 e. The number of carbonyl (C=O) groups is 1. The molecule has 0 bridgehead atoms. The summed E-state index contributed by atoms with van der Waals surface area (Å²) in [6.07, 6.45) is 2.10. The van der Waals surface area contributed by atoms with Crippen molar-refractivity contribution in [3.63, 3.8) is 0 Å². The van der Waals surface area contributed by atoms with E-state index >= 15 is 0 Å². The van der Waals surface area contributed by atoms with E-state index in [4.69, 9.17) is 0 Å². The smallest absolute Gasteiger partial charge is 0.187 e. The molecule has 0 atom stereocenters. The van der Waals surface area contributed by atoms with Gasteiger partial charge in [-0.2, -0.15) is 0 Å². The maximum atomic E-state index is 10.3. The molecule has 0 aliphatic carbocycles. The summed E-state index contributed by atoms with van der Waals surface area (Å²) in [4.78, 5) is 10.3. The van der Waals surface area contributed by atoms with E-state index in [1.807, 2.05) is 6.92 Å². The monoisotopic (exact) mass is 129 g/mol. The molecule has 1 radical (unpaired) electrons. The van der Waals surface area contributed by atoms with Gasteiger partial charge in [0, 0.05) is 12.8 Å². The van der Waals surface area contributed by atoms with E-state index in [0.717, 1.165) is 6.42 Å². The van der Waals surface area contributed by atoms with Crippen LogP contribution in [0.15, 0.2) is 0 Å². The highest BCUT2D eigenvalue weighted by Crippen LogP contribution is 1.90. The zero-order valence-electron chi connectivity index (χ0n) is 4.74. The van der Waals surface area contributed by atoms with Gasteiger partial charge in [-0.3, -0.25) is 4.79 Å². The van der Waals surface area contributed by atoms with Crippen molar-refractivity contribution in [2.24, 2.45) is 0 Å². The minimum Gasteiger partial charge on any atom is -0.300 e. The second-order valence-corrected chi connectivity index (χ2v) is 1.54. The molecule has 0 aromatic heterocycles. The lowest BCUT2D eigenvalue weighted by molar-refractivity contribution is -0.118. The molecule has 0 amide bonds. The Kier molecular flexibility index (Phi) is 9.96. The summed E-state index contributed by atoms with van der Waals surface area (Å²) in [5.41, 5.74) is 0. The molecule has 0 heterocycles. The van der Waals surface area contributed by atoms with Crippen LogP contribution in [-0.4, -0.2) is 23.1 Å². The predicted octanol–water partition coefficient (Wildman–Crippen LogP) is 0.396. The quantitative estimate of drug-likeness (QED) is 0.504. The van der Waals surface area contributed by atoms with E-state index in [-0.39, 0.29) is 23.1 Å². The second-order valence-electron chi connectivity index (χ2n) is 1.54. The summed E-state index contributed by atoms with van der Waals surface area (Å²) < 4.78 is 0. The Bertz CT molecular complexity index is 61.5. The van der Waals surface area contributed by atoms with Gasteiger partial charge in [0.25, 0.3) is 0 Å². The van der Waals surface area contributed by atoms with Crippen LogP contribution in [0.4, 0.5) is 0 Å². The normalized spacial score (nSPS) is 7.75. The molecule has 0 saturated heterocycles. The van der Waals surface area contributed by atoms with Gasteiger partial charge in [0.2, 0.25) is 0 Å². The van der Waals surface area contributed by atoms with Crippen LogP contribution in [0.5, 0.6) is 0 Å². The van der Waals surface area contributed by atoms with Crippen LogP contribution in [0.2, 0.25) is 0 Å². The minimum absolute atomic E-state index is 0. The molecule has 0 aromatic rings. The standard InChI is InChI=1S/C6H11O.Al.3H/c1-3-5-6(7)4-2;;;;/h2-5H2,1H3;;;;. The average molecular weight is 129 g/mol. The lowest BCUT2D eigenvalue weighted by Crippen LogP contribution is -1.91. The SMILES string of the molecule is [AlH3].[CH2]CC(=O)CCC. The molecule has 8 heavy (non-hydrogen) atoms. The summed E-state index contributed by atoms with van der Waals surface area (Å²) in [5.74, 6) is 0.266. The van der Waals surface area contributed by atoms with Crippen LogP contribution < -0.4 is 0 Å². The highest BCUT2D eigenvalue weighted by Gasteiger charge is 1.91. The first kappa shape index (κ1) is 11.1. The Morgan fingerprint density at radius 3 is 2.25 bits per heavy atom. The van der Waals surface area contributed by atoms with Crippen molar-refractivity contribution in [1.82, 2.24) is 0 Å². The average Bonchev–Trinajstić information content (AvgIpc) is 1.68. The molecular weight excluding hydrogens is 115 g/mol. The van der Waals surface area contributed by atoms with Crippen LogP contribution in [-0.2, 0) is 4.79 Å². The molecule has 47 valence electrons. The third-order valence-electron chi connectivity index (χ3n) is 0.808. The molecule has 0 saturated carbocycles. The molecule has 0 unspecified atom stereocenters. The number of Topliss-reactive ketones (excluding diaryl/α,β-unsaturated/α-hetero) is 1. The maximum absolute atomic E-state index is 10.3. The highest BCUT2D eigenvalue weighted by atomic mass is 27.0. The van der Waals surface area contributed by atoms with E-state index in [2.05, 4.69) is 6.92 Å². The van der Waals surface area contributed by atoms with Crippen molar-refractivity contribution in [3.8, 4) is 0 Å². The van der Waals surface area contributed by atoms with Gasteiger partial charge in [-0.25, -0.2) is 0 Å². The lowest BCUT2D eigenvalue weighted by Gasteiger charge is -1.87. The predicted molar refractivity (Wildman–Crippen MR) is 39.8 cm³/mol. The van der Waals surface area contributed by atoms with Crippen LogP contribution in [0.25, 0.3) is 0 Å². The number of ketones is 1. The van der Waals surface area contributed by atoms with Crippen molar-refractivity contribution in [2.45, 2.75) is 26.2 Å². The van der Waals surface area contributed by atoms with Crippen molar-refractivity contribution in [1.29, 1.82) is 0 Å². The molecule has 0 aliphatic heterocycles. The van der Waals surface area contributed by atoms with Gasteiger partial charge in [-0.05, 0) is 13.3 Å². The van der Waals surface area contributed by atoms with E-state index in [1.165, 1.54) is 0 Å². The highest BCUT2D eigenvalue weighted by molar-refractivity contribution is 5.78. The Hall–Kier alpha value is 0.202. The van der Waals surface area contributed by atoms with Gasteiger partial charge in [0.15, 0.2) is 17.4 Å². The molecule has 0 aromatic carbocycles. The zero-order valence-corrected chi connectivity index (χ0v) is 4.74. The zero-order chi connectivity index (χ0) is 5.70. The lowest BCUT2D eigenvalue weighted by atomic mass is 10.2. The van der Waals surface area contributed by atoms with Crippen LogP contribution in [0, 0.1) is 6.92 Å². The molecule has 0 aliphatic rings. The molecule has 0 spiro atoms. The first-order chi connectivity index (χ1) is 3.31. The van der Waals surface area contributed by atoms with Gasteiger partial charge in [0.1, 0.15) is 5.78 Å². The Morgan fingerprint density at radius 2 is 2.12 bits per heavy atom. The van der Waals surface area contributed by atoms with Crippen molar-refractivity contribution >= 4 is 23.1 Å². The number of hydrogen-bond acceptors (Lipinski definition) is 1. The second kappa shape index (κ2) is 7.20.